The van der Waals surface area contributed by atoms with Gasteiger partial charge < -0.3 is 5.32 Å². The molecule has 0 aromatic heterocycles. The summed E-state index contributed by atoms with van der Waals surface area (Å²) in [7, 11) is 0. The molecule has 0 radical (unpaired) electrons. The number of nitrogens with zero attached hydrogens (tertiary/aromatic N) is 1. The monoisotopic (exact) mass is 464 g/mol. The molecule has 3 aromatic carbocycles. The molecule has 0 atom stereocenters. The molecule has 0 bridgehead atoms. The Morgan fingerprint density at radius 1 is 0.750 bits per heavy atom. The van der Waals surface area contributed by atoms with Crippen LogP contribution in [0.15, 0.2) is 66.4 Å². The number of rotatable bonds is 5. The molecule has 4 nitrogen and oxygen atoms in total. The lowest BCUT2D eigenvalue weighted by Crippen LogP contribution is -2.32. The van der Waals surface area contributed by atoms with Gasteiger partial charge in [0.15, 0.2) is 0 Å². The van der Waals surface area contributed by atoms with Crippen LogP contribution in [0.2, 0.25) is 10.0 Å². The Kier molecular flexibility index (Phi) is 6.09. The average Bonchev–Trinajstić information content (AvgIpc) is 2.98. The molecule has 6 heteroatoms. The normalized spacial score (nSPS) is 13.8. The summed E-state index contributed by atoms with van der Waals surface area (Å²) in [4.78, 5) is 28.2. The standard InChI is InChI=1S/C26H22Cl2N2O2/c1-15-4-8-19(12-17(15)3)23-24(29-22-13-21(28)9-5-16(22)2)26(32)30(25(23)31)14-18-6-10-20(27)11-7-18/h4-13,29H,14H2,1-3H3. The average molecular weight is 465 g/mol. The highest BCUT2D eigenvalue weighted by Crippen LogP contribution is 2.33. The maximum absolute atomic E-state index is 13.5. The molecular formula is C26H22Cl2N2O2. The fraction of sp³-hybridized carbons (Fsp3) is 0.154. The molecule has 4 rings (SSSR count). The Morgan fingerprint density at radius 3 is 2.09 bits per heavy atom. The van der Waals surface area contributed by atoms with Gasteiger partial charge in [-0.3, -0.25) is 14.5 Å². The van der Waals surface area contributed by atoms with Crippen molar-refractivity contribution in [2.75, 3.05) is 5.32 Å². The lowest BCUT2D eigenvalue weighted by atomic mass is 9.99. The Hall–Kier alpha value is -3.08. The van der Waals surface area contributed by atoms with Gasteiger partial charge in [0.25, 0.3) is 11.8 Å². The van der Waals surface area contributed by atoms with Gasteiger partial charge in [0, 0.05) is 15.7 Å². The number of carbonyl (C=O) groups is 2. The predicted molar refractivity (Wildman–Crippen MR) is 130 cm³/mol. The van der Waals surface area contributed by atoms with Crippen LogP contribution in [0.25, 0.3) is 5.57 Å². The second kappa shape index (κ2) is 8.81. The molecule has 0 aliphatic carbocycles. The first-order valence-corrected chi connectivity index (χ1v) is 11.0. The van der Waals surface area contributed by atoms with E-state index >= 15 is 0 Å². The van der Waals surface area contributed by atoms with E-state index in [4.69, 9.17) is 23.2 Å². The topological polar surface area (TPSA) is 49.4 Å². The van der Waals surface area contributed by atoms with E-state index in [9.17, 15) is 9.59 Å². The van der Waals surface area contributed by atoms with Crippen molar-refractivity contribution in [2.24, 2.45) is 0 Å². The largest absolute Gasteiger partial charge is 0.350 e. The van der Waals surface area contributed by atoms with Crippen molar-refractivity contribution in [3.05, 3.63) is 104 Å². The summed E-state index contributed by atoms with van der Waals surface area (Å²) >= 11 is 12.2. The third-order valence-electron chi connectivity index (χ3n) is 5.68. The molecule has 0 unspecified atom stereocenters. The highest BCUT2D eigenvalue weighted by molar-refractivity contribution is 6.36. The third-order valence-corrected chi connectivity index (χ3v) is 6.16. The second-order valence-electron chi connectivity index (χ2n) is 7.96. The minimum atomic E-state index is -0.377. The molecule has 3 aromatic rings. The lowest BCUT2D eigenvalue weighted by molar-refractivity contribution is -0.137. The predicted octanol–water partition coefficient (Wildman–Crippen LogP) is 6.31. The Bertz CT molecular complexity index is 1260. The van der Waals surface area contributed by atoms with Crippen LogP contribution in [-0.2, 0) is 16.1 Å². The number of hydrogen-bond donors (Lipinski definition) is 1. The number of halogens is 2. The van der Waals surface area contributed by atoms with E-state index in [-0.39, 0.29) is 24.1 Å². The Labute approximate surface area is 197 Å². The van der Waals surface area contributed by atoms with E-state index in [1.165, 1.54) is 4.90 Å². The molecule has 0 saturated heterocycles. The summed E-state index contributed by atoms with van der Waals surface area (Å²) < 4.78 is 0. The van der Waals surface area contributed by atoms with Gasteiger partial charge in [0.2, 0.25) is 0 Å². The van der Waals surface area contributed by atoms with Gasteiger partial charge in [-0.2, -0.15) is 0 Å². The Balaban J connectivity index is 1.78. The van der Waals surface area contributed by atoms with E-state index < -0.39 is 0 Å². The molecule has 162 valence electrons. The number of imide groups is 1. The fourth-order valence-electron chi connectivity index (χ4n) is 3.64. The van der Waals surface area contributed by atoms with Crippen molar-refractivity contribution in [1.29, 1.82) is 0 Å². The number of nitrogens with one attached hydrogen (secondary N) is 1. The zero-order valence-corrected chi connectivity index (χ0v) is 19.5. The Morgan fingerprint density at radius 2 is 1.41 bits per heavy atom. The van der Waals surface area contributed by atoms with Crippen molar-refractivity contribution in [2.45, 2.75) is 27.3 Å². The van der Waals surface area contributed by atoms with Gasteiger partial charge in [-0.05, 0) is 72.9 Å². The molecule has 0 spiro atoms. The van der Waals surface area contributed by atoms with Crippen LogP contribution in [0, 0.1) is 20.8 Å². The zero-order valence-electron chi connectivity index (χ0n) is 18.0. The third kappa shape index (κ3) is 4.29. The molecule has 32 heavy (non-hydrogen) atoms. The number of anilines is 1. The number of carbonyl (C=O) groups excluding carboxylic acids is 2. The quantitative estimate of drug-likeness (QED) is 0.449. The molecule has 1 heterocycles. The first-order valence-electron chi connectivity index (χ1n) is 10.2. The number of hydrogen-bond acceptors (Lipinski definition) is 3. The van der Waals surface area contributed by atoms with Crippen LogP contribution in [-0.4, -0.2) is 16.7 Å². The molecule has 0 fully saturated rings. The number of aryl methyl sites for hydroxylation is 3. The summed E-state index contributed by atoms with van der Waals surface area (Å²) in [5.41, 5.74) is 5.88. The van der Waals surface area contributed by atoms with Gasteiger partial charge >= 0.3 is 0 Å². The van der Waals surface area contributed by atoms with Gasteiger partial charge in [-0.15, -0.1) is 0 Å². The van der Waals surface area contributed by atoms with Crippen molar-refractivity contribution < 1.29 is 9.59 Å². The van der Waals surface area contributed by atoms with E-state index in [1.807, 2.05) is 57.2 Å². The second-order valence-corrected chi connectivity index (χ2v) is 8.83. The van der Waals surface area contributed by atoms with Crippen LogP contribution in [0.1, 0.15) is 27.8 Å². The minimum absolute atomic E-state index is 0.156. The zero-order chi connectivity index (χ0) is 23.0. The highest BCUT2D eigenvalue weighted by Gasteiger charge is 2.39. The van der Waals surface area contributed by atoms with Crippen LogP contribution >= 0.6 is 23.2 Å². The SMILES string of the molecule is Cc1ccc(C2=C(Nc3cc(Cl)ccc3C)C(=O)N(Cc3ccc(Cl)cc3)C2=O)cc1C. The molecule has 0 saturated carbocycles. The highest BCUT2D eigenvalue weighted by atomic mass is 35.5. The summed E-state index contributed by atoms with van der Waals surface area (Å²) in [6.45, 7) is 6.07. The summed E-state index contributed by atoms with van der Waals surface area (Å²) in [5, 5.41) is 4.34. The van der Waals surface area contributed by atoms with Crippen molar-refractivity contribution >= 4 is 46.3 Å². The van der Waals surface area contributed by atoms with Crippen LogP contribution < -0.4 is 5.32 Å². The van der Waals surface area contributed by atoms with E-state index in [0.717, 1.165) is 22.3 Å². The maximum Gasteiger partial charge on any atom is 0.278 e. The smallest absolute Gasteiger partial charge is 0.278 e. The number of benzene rings is 3. The van der Waals surface area contributed by atoms with Gasteiger partial charge in [0.05, 0.1) is 12.1 Å². The first kappa shape index (κ1) is 22.1. The minimum Gasteiger partial charge on any atom is -0.350 e. The molecular weight excluding hydrogens is 443 g/mol. The van der Waals surface area contributed by atoms with Gasteiger partial charge in [-0.25, -0.2) is 0 Å². The summed E-state index contributed by atoms with van der Waals surface area (Å²) in [5.74, 6) is -0.715. The van der Waals surface area contributed by atoms with Crippen molar-refractivity contribution in [1.82, 2.24) is 4.90 Å². The van der Waals surface area contributed by atoms with Crippen LogP contribution in [0.4, 0.5) is 5.69 Å². The lowest BCUT2D eigenvalue weighted by Gasteiger charge is -2.16. The van der Waals surface area contributed by atoms with Crippen LogP contribution in [0.5, 0.6) is 0 Å². The van der Waals surface area contributed by atoms with E-state index in [1.54, 1.807) is 24.3 Å². The van der Waals surface area contributed by atoms with Gasteiger partial charge in [0.1, 0.15) is 5.70 Å². The summed E-state index contributed by atoms with van der Waals surface area (Å²) in [6, 6.07) is 18.3. The molecule has 1 N–H and O–H groups in total. The summed E-state index contributed by atoms with van der Waals surface area (Å²) in [6.07, 6.45) is 0. The van der Waals surface area contributed by atoms with Crippen LogP contribution in [0.3, 0.4) is 0 Å². The van der Waals surface area contributed by atoms with E-state index in [0.29, 0.717) is 26.9 Å². The maximum atomic E-state index is 13.5. The molecule has 1 aliphatic rings. The van der Waals surface area contributed by atoms with E-state index in [2.05, 4.69) is 5.32 Å². The molecule has 2 amide bonds. The first-order chi connectivity index (χ1) is 15.2. The van der Waals surface area contributed by atoms with Gasteiger partial charge in [-0.1, -0.05) is 59.6 Å². The molecule has 1 aliphatic heterocycles. The number of amides is 2. The van der Waals surface area contributed by atoms with Crippen molar-refractivity contribution in [3.8, 4) is 0 Å². The van der Waals surface area contributed by atoms with Crippen molar-refractivity contribution in [3.63, 3.8) is 0 Å². The fourth-order valence-corrected chi connectivity index (χ4v) is 3.93.